The fraction of sp³-hybridized carbons (Fsp3) is 0.714. The van der Waals surface area contributed by atoms with E-state index in [9.17, 15) is 18.4 Å². The van der Waals surface area contributed by atoms with Crippen molar-refractivity contribution < 1.29 is 23.1 Å². The van der Waals surface area contributed by atoms with E-state index in [0.29, 0.717) is 0 Å². The van der Waals surface area contributed by atoms with Crippen molar-refractivity contribution in [2.45, 2.75) is 13.3 Å². The highest BCUT2D eigenvalue weighted by Crippen LogP contribution is 2.00. The van der Waals surface area contributed by atoms with Crippen LogP contribution in [-0.4, -0.2) is 43.4 Å². The lowest BCUT2D eigenvalue weighted by Crippen LogP contribution is -2.39. The molecule has 76 valence electrons. The predicted octanol–water partition coefficient (Wildman–Crippen LogP) is 0.273. The Labute approximate surface area is 74.5 Å². The highest BCUT2D eigenvalue weighted by Gasteiger charge is 2.23. The highest BCUT2D eigenvalue weighted by atomic mass is 19.3. The van der Waals surface area contributed by atoms with Crippen molar-refractivity contribution >= 4 is 11.9 Å². The lowest BCUT2D eigenvalue weighted by molar-refractivity contribution is -0.151. The zero-order valence-corrected chi connectivity index (χ0v) is 7.42. The Bertz CT molecular complexity index is 196. The van der Waals surface area contributed by atoms with Gasteiger partial charge in [0, 0.05) is 6.54 Å². The Morgan fingerprint density at radius 2 is 2.00 bits per heavy atom. The number of amides is 1. The van der Waals surface area contributed by atoms with Crippen molar-refractivity contribution in [3.05, 3.63) is 0 Å². The van der Waals surface area contributed by atoms with E-state index in [4.69, 9.17) is 0 Å². The molecule has 0 unspecified atom stereocenters. The summed E-state index contributed by atoms with van der Waals surface area (Å²) in [6.45, 7) is 1.12. The van der Waals surface area contributed by atoms with Crippen LogP contribution in [0.2, 0.25) is 0 Å². The molecule has 0 heterocycles. The SMILES string of the molecule is CCN(CC(=O)OC)C(=O)C(F)F. The summed E-state index contributed by atoms with van der Waals surface area (Å²) in [5.41, 5.74) is 0. The van der Waals surface area contributed by atoms with Gasteiger partial charge in [0.05, 0.1) is 7.11 Å². The second kappa shape index (κ2) is 5.45. The van der Waals surface area contributed by atoms with E-state index in [1.165, 1.54) is 6.92 Å². The molecule has 13 heavy (non-hydrogen) atoms. The normalized spacial score (nSPS) is 9.92. The quantitative estimate of drug-likeness (QED) is 0.605. The third-order valence-corrected chi connectivity index (χ3v) is 1.43. The lowest BCUT2D eigenvalue weighted by atomic mass is 10.4. The fourth-order valence-corrected chi connectivity index (χ4v) is 0.704. The minimum absolute atomic E-state index is 0.0538. The molecule has 0 spiro atoms. The minimum atomic E-state index is -3.08. The van der Waals surface area contributed by atoms with E-state index in [1.54, 1.807) is 0 Å². The summed E-state index contributed by atoms with van der Waals surface area (Å²) in [7, 11) is 1.13. The number of esters is 1. The molecule has 0 N–H and O–H groups in total. The van der Waals surface area contributed by atoms with Crippen LogP contribution < -0.4 is 0 Å². The van der Waals surface area contributed by atoms with Crippen LogP contribution >= 0.6 is 0 Å². The zero-order chi connectivity index (χ0) is 10.4. The van der Waals surface area contributed by atoms with E-state index < -0.39 is 24.8 Å². The Balaban J connectivity index is 4.18. The number of methoxy groups -OCH3 is 1. The second-order valence-electron chi connectivity index (χ2n) is 2.23. The van der Waals surface area contributed by atoms with Crippen LogP contribution in [0.4, 0.5) is 8.78 Å². The van der Waals surface area contributed by atoms with Gasteiger partial charge in [-0.25, -0.2) is 0 Å². The van der Waals surface area contributed by atoms with E-state index in [1.807, 2.05) is 0 Å². The number of alkyl halides is 2. The largest absolute Gasteiger partial charge is 0.468 e. The molecule has 0 aromatic carbocycles. The summed E-state index contributed by atoms with van der Waals surface area (Å²) >= 11 is 0. The van der Waals surface area contributed by atoms with Crippen LogP contribution in [0.3, 0.4) is 0 Å². The summed E-state index contributed by atoms with van der Waals surface area (Å²) in [5.74, 6) is -2.07. The molecular formula is C7H11F2NO3. The third-order valence-electron chi connectivity index (χ3n) is 1.43. The molecule has 0 atom stereocenters. The molecule has 0 radical (unpaired) electrons. The first kappa shape index (κ1) is 11.8. The number of carbonyl (C=O) groups excluding carboxylic acids is 2. The molecule has 0 aliphatic carbocycles. The molecule has 0 saturated carbocycles. The van der Waals surface area contributed by atoms with Crippen LogP contribution in [0.5, 0.6) is 0 Å². The average Bonchev–Trinajstić information content (AvgIpc) is 2.12. The predicted molar refractivity (Wildman–Crippen MR) is 40.3 cm³/mol. The van der Waals surface area contributed by atoms with Gasteiger partial charge in [0.2, 0.25) is 0 Å². The van der Waals surface area contributed by atoms with Gasteiger partial charge >= 0.3 is 12.4 Å². The molecule has 1 amide bonds. The number of likely N-dealkylation sites (N-methyl/N-ethyl adjacent to an activating group) is 1. The van der Waals surface area contributed by atoms with Gasteiger partial charge in [0.15, 0.2) is 0 Å². The monoisotopic (exact) mass is 195 g/mol. The molecule has 0 fully saturated rings. The number of carbonyl (C=O) groups is 2. The van der Waals surface area contributed by atoms with Crippen molar-refractivity contribution in [2.75, 3.05) is 20.2 Å². The van der Waals surface area contributed by atoms with Gasteiger partial charge in [-0.05, 0) is 6.92 Å². The van der Waals surface area contributed by atoms with E-state index in [2.05, 4.69) is 4.74 Å². The maximum absolute atomic E-state index is 11.9. The van der Waals surface area contributed by atoms with Gasteiger partial charge in [-0.2, -0.15) is 8.78 Å². The Morgan fingerprint density at radius 3 is 2.31 bits per heavy atom. The average molecular weight is 195 g/mol. The molecular weight excluding hydrogens is 184 g/mol. The van der Waals surface area contributed by atoms with Gasteiger partial charge in [-0.3, -0.25) is 9.59 Å². The number of nitrogens with zero attached hydrogens (tertiary/aromatic N) is 1. The molecule has 4 nitrogen and oxygen atoms in total. The van der Waals surface area contributed by atoms with Gasteiger partial charge in [-0.15, -0.1) is 0 Å². The number of hydrogen-bond donors (Lipinski definition) is 0. The van der Waals surface area contributed by atoms with Gasteiger partial charge < -0.3 is 9.64 Å². The lowest BCUT2D eigenvalue weighted by Gasteiger charge is -2.18. The maximum atomic E-state index is 11.9. The third kappa shape index (κ3) is 3.82. The molecule has 0 aliphatic rings. The smallest absolute Gasteiger partial charge is 0.325 e. The Kier molecular flexibility index (Phi) is 4.94. The fourth-order valence-electron chi connectivity index (χ4n) is 0.704. The molecule has 0 aromatic rings. The Hall–Kier alpha value is -1.20. The number of hydrogen-bond acceptors (Lipinski definition) is 3. The number of rotatable bonds is 4. The summed E-state index contributed by atoms with van der Waals surface area (Å²) in [5, 5.41) is 0. The zero-order valence-electron chi connectivity index (χ0n) is 7.42. The summed E-state index contributed by atoms with van der Waals surface area (Å²) in [4.78, 5) is 22.1. The van der Waals surface area contributed by atoms with Crippen molar-refractivity contribution in [1.82, 2.24) is 4.90 Å². The van der Waals surface area contributed by atoms with E-state index >= 15 is 0 Å². The Morgan fingerprint density at radius 1 is 1.46 bits per heavy atom. The topological polar surface area (TPSA) is 46.6 Å². The molecule has 0 aromatic heterocycles. The number of ether oxygens (including phenoxy) is 1. The maximum Gasteiger partial charge on any atom is 0.325 e. The summed E-state index contributed by atoms with van der Waals surface area (Å²) < 4.78 is 28.0. The molecule has 0 bridgehead atoms. The van der Waals surface area contributed by atoms with E-state index in [0.717, 1.165) is 12.0 Å². The molecule has 0 aliphatic heterocycles. The van der Waals surface area contributed by atoms with Crippen molar-refractivity contribution in [1.29, 1.82) is 0 Å². The number of halogens is 2. The first-order valence-electron chi connectivity index (χ1n) is 3.66. The molecule has 0 rings (SSSR count). The molecule has 6 heteroatoms. The van der Waals surface area contributed by atoms with Crippen molar-refractivity contribution in [2.24, 2.45) is 0 Å². The summed E-state index contributed by atoms with van der Waals surface area (Å²) in [6.07, 6.45) is -3.08. The first-order valence-corrected chi connectivity index (χ1v) is 3.66. The molecule has 0 saturated heterocycles. The minimum Gasteiger partial charge on any atom is -0.468 e. The second-order valence-corrected chi connectivity index (χ2v) is 2.23. The van der Waals surface area contributed by atoms with Gasteiger partial charge in [0.1, 0.15) is 6.54 Å². The highest BCUT2D eigenvalue weighted by molar-refractivity contribution is 5.83. The van der Waals surface area contributed by atoms with Crippen LogP contribution in [0.25, 0.3) is 0 Å². The van der Waals surface area contributed by atoms with Gasteiger partial charge in [-0.1, -0.05) is 0 Å². The summed E-state index contributed by atoms with van der Waals surface area (Å²) in [6, 6.07) is 0. The van der Waals surface area contributed by atoms with Crippen molar-refractivity contribution in [3.63, 3.8) is 0 Å². The first-order chi connectivity index (χ1) is 6.02. The van der Waals surface area contributed by atoms with Crippen LogP contribution in [0.15, 0.2) is 0 Å². The van der Waals surface area contributed by atoms with Crippen LogP contribution in [0.1, 0.15) is 6.92 Å². The van der Waals surface area contributed by atoms with E-state index in [-0.39, 0.29) is 6.54 Å². The standard InChI is InChI=1S/C7H11F2NO3/c1-3-10(4-5(11)13-2)7(12)6(8)9/h6H,3-4H2,1-2H3. The van der Waals surface area contributed by atoms with Crippen LogP contribution in [-0.2, 0) is 14.3 Å². The van der Waals surface area contributed by atoms with Crippen LogP contribution in [0, 0.1) is 0 Å². The van der Waals surface area contributed by atoms with Crippen molar-refractivity contribution in [3.8, 4) is 0 Å². The van der Waals surface area contributed by atoms with Gasteiger partial charge in [0.25, 0.3) is 5.91 Å².